The minimum absolute atomic E-state index is 0.0772. The number of nitrogens with one attached hydrogen (secondary N) is 1. The highest BCUT2D eigenvalue weighted by Gasteiger charge is 2.24. The molecular formula is C21H26N4O2. The van der Waals surface area contributed by atoms with Gasteiger partial charge < -0.3 is 16.0 Å². The van der Waals surface area contributed by atoms with Crippen molar-refractivity contribution in [3.8, 4) is 0 Å². The van der Waals surface area contributed by atoms with E-state index < -0.39 is 0 Å². The van der Waals surface area contributed by atoms with E-state index in [2.05, 4.69) is 11.4 Å². The van der Waals surface area contributed by atoms with Gasteiger partial charge >= 0.3 is 6.03 Å². The summed E-state index contributed by atoms with van der Waals surface area (Å²) >= 11 is 0. The van der Waals surface area contributed by atoms with Gasteiger partial charge in [-0.25, -0.2) is 4.79 Å². The number of rotatable bonds is 4. The first-order chi connectivity index (χ1) is 12.9. The summed E-state index contributed by atoms with van der Waals surface area (Å²) < 4.78 is 0. The Morgan fingerprint density at radius 1 is 1.15 bits per heavy atom. The molecule has 3 N–H and O–H groups in total. The second-order valence-corrected chi connectivity index (χ2v) is 7.18. The maximum absolute atomic E-state index is 12.8. The standard InChI is InChI=1S/C21H26N4O2/c1-14(24(2)3)20(26)18-12-17(22)8-9-19(18)23-21(27)25-11-10-15-6-4-5-7-16(15)13-25/h4-9,12,14H,10-11,13,22H2,1-3H3,(H,23,27)/t14-/m0/s1. The fourth-order valence-corrected chi connectivity index (χ4v) is 3.20. The smallest absolute Gasteiger partial charge is 0.322 e. The number of hydrogen-bond acceptors (Lipinski definition) is 4. The summed E-state index contributed by atoms with van der Waals surface area (Å²) in [5, 5.41) is 2.91. The Morgan fingerprint density at radius 2 is 1.85 bits per heavy atom. The van der Waals surface area contributed by atoms with Crippen molar-refractivity contribution >= 4 is 23.2 Å². The summed E-state index contributed by atoms with van der Waals surface area (Å²) in [4.78, 5) is 29.2. The minimum atomic E-state index is -0.315. The molecule has 6 nitrogen and oxygen atoms in total. The fraction of sp³-hybridized carbons (Fsp3) is 0.333. The van der Waals surface area contributed by atoms with E-state index in [4.69, 9.17) is 5.73 Å². The van der Waals surface area contributed by atoms with E-state index in [1.54, 1.807) is 23.1 Å². The van der Waals surface area contributed by atoms with Crippen molar-refractivity contribution in [2.45, 2.75) is 25.9 Å². The number of ketones is 1. The van der Waals surface area contributed by atoms with E-state index >= 15 is 0 Å². The minimum Gasteiger partial charge on any atom is -0.399 e. The average molecular weight is 366 g/mol. The van der Waals surface area contributed by atoms with Gasteiger partial charge in [0.25, 0.3) is 0 Å². The molecule has 0 aromatic heterocycles. The third-order valence-electron chi connectivity index (χ3n) is 5.12. The largest absolute Gasteiger partial charge is 0.399 e. The van der Waals surface area contributed by atoms with Crippen LogP contribution in [0.2, 0.25) is 0 Å². The topological polar surface area (TPSA) is 78.7 Å². The number of amides is 2. The number of nitrogen functional groups attached to an aromatic ring is 1. The lowest BCUT2D eigenvalue weighted by molar-refractivity contribution is 0.0891. The van der Waals surface area contributed by atoms with Gasteiger partial charge in [0.2, 0.25) is 0 Å². The van der Waals surface area contributed by atoms with Gasteiger partial charge in [0.15, 0.2) is 5.78 Å². The molecule has 0 saturated heterocycles. The van der Waals surface area contributed by atoms with E-state index in [-0.39, 0.29) is 17.9 Å². The summed E-state index contributed by atoms with van der Waals surface area (Å²) in [5.41, 5.74) is 9.74. The first-order valence-corrected chi connectivity index (χ1v) is 9.09. The third kappa shape index (κ3) is 4.11. The Labute approximate surface area is 159 Å². The molecule has 0 fully saturated rings. The molecule has 2 amide bonds. The molecule has 0 spiro atoms. The fourth-order valence-electron chi connectivity index (χ4n) is 3.20. The Kier molecular flexibility index (Phi) is 5.46. The normalized spacial score (nSPS) is 14.6. The van der Waals surface area contributed by atoms with Crippen LogP contribution in [0, 0.1) is 0 Å². The third-order valence-corrected chi connectivity index (χ3v) is 5.12. The van der Waals surface area contributed by atoms with Crippen LogP contribution in [0.5, 0.6) is 0 Å². The molecule has 27 heavy (non-hydrogen) atoms. The summed E-state index contributed by atoms with van der Waals surface area (Å²) in [7, 11) is 3.69. The number of nitrogens with zero attached hydrogens (tertiary/aromatic N) is 2. The summed E-state index contributed by atoms with van der Waals surface area (Å²) in [5.74, 6) is -0.0772. The van der Waals surface area contributed by atoms with Crippen molar-refractivity contribution in [1.82, 2.24) is 9.80 Å². The first kappa shape index (κ1) is 18.9. The van der Waals surface area contributed by atoms with Gasteiger partial charge in [-0.1, -0.05) is 24.3 Å². The highest BCUT2D eigenvalue weighted by atomic mass is 16.2. The second-order valence-electron chi connectivity index (χ2n) is 7.18. The number of likely N-dealkylation sites (N-methyl/N-ethyl adjacent to an activating group) is 1. The van der Waals surface area contributed by atoms with E-state index in [9.17, 15) is 9.59 Å². The Hall–Kier alpha value is -2.86. The van der Waals surface area contributed by atoms with Crippen LogP contribution in [0.4, 0.5) is 16.2 Å². The zero-order valence-electron chi connectivity index (χ0n) is 16.0. The molecule has 1 aliphatic rings. The van der Waals surface area contributed by atoms with Crippen LogP contribution in [0.3, 0.4) is 0 Å². The van der Waals surface area contributed by atoms with Crippen LogP contribution in [0.25, 0.3) is 0 Å². The van der Waals surface area contributed by atoms with Gasteiger partial charge in [-0.15, -0.1) is 0 Å². The molecule has 1 atom stereocenters. The van der Waals surface area contributed by atoms with Crippen molar-refractivity contribution in [2.24, 2.45) is 0 Å². The molecule has 0 aliphatic carbocycles. The summed E-state index contributed by atoms with van der Waals surface area (Å²) in [6.45, 7) is 3.04. The summed E-state index contributed by atoms with van der Waals surface area (Å²) in [6.07, 6.45) is 0.828. The average Bonchev–Trinajstić information content (AvgIpc) is 2.67. The van der Waals surface area contributed by atoms with Gasteiger partial charge in [-0.05, 0) is 56.8 Å². The molecule has 6 heteroatoms. The van der Waals surface area contributed by atoms with Gasteiger partial charge in [-0.2, -0.15) is 0 Å². The molecule has 1 aliphatic heterocycles. The van der Waals surface area contributed by atoms with Crippen LogP contribution in [0.15, 0.2) is 42.5 Å². The zero-order valence-corrected chi connectivity index (χ0v) is 16.0. The first-order valence-electron chi connectivity index (χ1n) is 9.09. The van der Waals surface area contributed by atoms with Crippen molar-refractivity contribution in [2.75, 3.05) is 31.7 Å². The summed E-state index contributed by atoms with van der Waals surface area (Å²) in [6, 6.07) is 12.6. The second kappa shape index (κ2) is 7.80. The highest BCUT2D eigenvalue weighted by molar-refractivity contribution is 6.07. The van der Waals surface area contributed by atoms with E-state index in [1.807, 2.05) is 44.1 Å². The molecule has 1 heterocycles. The lowest BCUT2D eigenvalue weighted by Gasteiger charge is -2.29. The molecule has 0 bridgehead atoms. The molecule has 0 radical (unpaired) electrons. The van der Waals surface area contributed by atoms with Crippen LogP contribution >= 0.6 is 0 Å². The predicted molar refractivity (Wildman–Crippen MR) is 108 cm³/mol. The van der Waals surface area contributed by atoms with Crippen molar-refractivity contribution in [1.29, 1.82) is 0 Å². The molecule has 2 aromatic carbocycles. The zero-order chi connectivity index (χ0) is 19.6. The van der Waals surface area contributed by atoms with Gasteiger partial charge in [0, 0.05) is 24.3 Å². The van der Waals surface area contributed by atoms with Crippen LogP contribution in [-0.4, -0.2) is 48.3 Å². The Bertz CT molecular complexity index is 863. The van der Waals surface area contributed by atoms with Crippen LogP contribution in [0.1, 0.15) is 28.4 Å². The van der Waals surface area contributed by atoms with E-state index in [1.165, 1.54) is 5.56 Å². The number of fused-ring (bicyclic) bond motifs is 1. The molecule has 3 rings (SSSR count). The van der Waals surface area contributed by atoms with Gasteiger partial charge in [0.05, 0.1) is 11.7 Å². The Balaban J connectivity index is 1.80. The number of nitrogens with two attached hydrogens (primary N) is 1. The number of carbonyl (C=O) groups is 2. The molecular weight excluding hydrogens is 340 g/mol. The Morgan fingerprint density at radius 3 is 2.56 bits per heavy atom. The predicted octanol–water partition coefficient (Wildman–Crippen LogP) is 2.99. The lowest BCUT2D eigenvalue weighted by Crippen LogP contribution is -2.39. The van der Waals surface area contributed by atoms with Gasteiger partial charge in [-0.3, -0.25) is 9.69 Å². The van der Waals surface area contributed by atoms with Crippen molar-refractivity contribution in [3.05, 3.63) is 59.2 Å². The molecule has 142 valence electrons. The van der Waals surface area contributed by atoms with Crippen molar-refractivity contribution < 1.29 is 9.59 Å². The van der Waals surface area contributed by atoms with Gasteiger partial charge in [0.1, 0.15) is 0 Å². The highest BCUT2D eigenvalue weighted by Crippen LogP contribution is 2.24. The monoisotopic (exact) mass is 366 g/mol. The number of Topliss-reactive ketones (excluding diaryl/α,β-unsaturated/α-hetero) is 1. The molecule has 0 saturated carbocycles. The van der Waals surface area contributed by atoms with E-state index in [0.717, 1.165) is 12.0 Å². The number of benzene rings is 2. The van der Waals surface area contributed by atoms with Crippen molar-refractivity contribution in [3.63, 3.8) is 0 Å². The lowest BCUT2D eigenvalue weighted by atomic mass is 10.00. The maximum atomic E-state index is 12.8. The number of urea groups is 1. The number of carbonyl (C=O) groups excluding carboxylic acids is 2. The quantitative estimate of drug-likeness (QED) is 0.644. The maximum Gasteiger partial charge on any atom is 0.322 e. The van der Waals surface area contributed by atoms with Crippen LogP contribution in [-0.2, 0) is 13.0 Å². The number of hydrogen-bond donors (Lipinski definition) is 2. The molecule has 0 unspecified atom stereocenters. The SMILES string of the molecule is C[C@@H](C(=O)c1cc(N)ccc1NC(=O)N1CCc2ccccc2C1)N(C)C. The van der Waals surface area contributed by atoms with Crippen LogP contribution < -0.4 is 11.1 Å². The van der Waals surface area contributed by atoms with E-state index in [0.29, 0.717) is 30.0 Å². The number of anilines is 2. The molecule has 2 aromatic rings.